The van der Waals surface area contributed by atoms with Crippen LogP contribution in [0, 0.1) is 11.3 Å². The highest BCUT2D eigenvalue weighted by Crippen LogP contribution is 2.41. The van der Waals surface area contributed by atoms with Crippen LogP contribution in [0.3, 0.4) is 0 Å². The van der Waals surface area contributed by atoms with Gasteiger partial charge in [0.2, 0.25) is 0 Å². The van der Waals surface area contributed by atoms with Gasteiger partial charge in [-0.2, -0.15) is 5.26 Å². The van der Waals surface area contributed by atoms with Crippen LogP contribution in [0.1, 0.15) is 111 Å². The number of nitriles is 1. The minimum Gasteiger partial charge on any atom is -0.511 e. The van der Waals surface area contributed by atoms with E-state index in [0.717, 1.165) is 112 Å². The summed E-state index contributed by atoms with van der Waals surface area (Å²) in [6, 6.07) is 42.4. The summed E-state index contributed by atoms with van der Waals surface area (Å²) in [5.74, 6) is 0.645. The van der Waals surface area contributed by atoms with Gasteiger partial charge < -0.3 is 45.6 Å². The number of thiocarbonyl (C=S) groups is 1. The van der Waals surface area contributed by atoms with Gasteiger partial charge in [0, 0.05) is 153 Å². The van der Waals surface area contributed by atoms with Gasteiger partial charge in [-0.25, -0.2) is 15.0 Å². The second kappa shape index (κ2) is 33.5. The fraction of sp³-hybridized carbons (Fsp3) is 0.329. The number of benzene rings is 5. The molecule has 2 atom stereocenters. The predicted octanol–water partition coefficient (Wildman–Crippen LogP) is 13.5. The Morgan fingerprint density at radius 3 is 1.13 bits per heavy atom. The van der Waals surface area contributed by atoms with Crippen molar-refractivity contribution in [2.75, 3.05) is 95.0 Å². The number of ketones is 4. The van der Waals surface area contributed by atoms with Gasteiger partial charge >= 0.3 is 0 Å². The van der Waals surface area contributed by atoms with Crippen molar-refractivity contribution in [1.29, 1.82) is 5.26 Å². The number of Topliss-reactive ketones (excluding diaryl/α,β-unsaturated/α-hetero) is 4. The Morgan fingerprint density at radius 1 is 0.500 bits per heavy atom. The number of halogens is 1. The van der Waals surface area contributed by atoms with Crippen LogP contribution >= 0.6 is 62.2 Å². The monoisotopic (exact) mass is 1380 g/mol. The van der Waals surface area contributed by atoms with Gasteiger partial charge in [0.05, 0.1) is 66.5 Å². The third kappa shape index (κ3) is 19.8. The smallest absolute Gasteiger partial charge is 0.175 e. The number of anilines is 5. The lowest BCUT2D eigenvalue weighted by Gasteiger charge is -2.12. The van der Waals surface area contributed by atoms with E-state index in [1.807, 2.05) is 129 Å². The summed E-state index contributed by atoms with van der Waals surface area (Å²) in [7, 11) is 20.1. The number of carbonyl (C=O) groups is 4. The number of nitrogens with zero attached hydrogens (tertiary/aromatic N) is 9. The largest absolute Gasteiger partial charge is 0.511 e. The van der Waals surface area contributed by atoms with Crippen LogP contribution in [-0.2, 0) is 33.6 Å². The summed E-state index contributed by atoms with van der Waals surface area (Å²) in [5, 5.41) is 39.9. The molecule has 0 saturated heterocycles. The molecule has 1 saturated carbocycles. The van der Waals surface area contributed by atoms with Gasteiger partial charge in [-0.15, -0.1) is 34.0 Å². The number of aryl methyl sites for hydroxylation is 3. The average molecular weight is 1380 g/mol. The number of aromatic nitrogens is 3. The third-order valence-electron chi connectivity index (χ3n) is 15.1. The average Bonchev–Trinajstić information content (AvgIpc) is 1.69. The molecule has 5 aromatic carbocycles. The molecule has 0 spiro atoms. The SMILES string of the molecule is CN(C)c1ccc(-c2nc3c(s2)C(=O)CC3)cc1.CN(C)c1ccc(-c2nc3c(s2)C(O)CC3)cc1.CN(C)c1ccc(-c2nc3c(s2)[C@H](O)CC3)cc1.CN(C)c1ccc(C#N)cc1.CN(C)c1ccc(C(N)=S)cc1.O=C1CCC(=O)C1.O=C1CCC(O)=C1Br. The number of allylic oxidation sites excluding steroid dienone is 2. The highest BCUT2D eigenvalue weighted by molar-refractivity contribution is 9.12. The molecule has 482 valence electrons. The lowest BCUT2D eigenvalue weighted by Crippen LogP contribution is -2.11. The molecule has 0 bridgehead atoms. The number of carbonyl (C=O) groups excluding carboxylic acids is 4. The van der Waals surface area contributed by atoms with Gasteiger partial charge in [0.1, 0.15) is 37.3 Å². The third-order valence-corrected chi connectivity index (χ3v) is 20.0. The molecule has 0 radical (unpaired) electrons. The highest BCUT2D eigenvalue weighted by atomic mass is 79.9. The van der Waals surface area contributed by atoms with Crippen molar-refractivity contribution in [3.63, 3.8) is 0 Å². The topological polar surface area (TPSA) is 234 Å². The first-order valence-electron chi connectivity index (χ1n) is 29.9. The summed E-state index contributed by atoms with van der Waals surface area (Å²) < 4.78 is 0.359. The summed E-state index contributed by atoms with van der Waals surface area (Å²) in [5.41, 5.74) is 19.4. The second-order valence-corrected chi connectivity index (χ2v) is 27.4. The molecule has 13 rings (SSSR count). The van der Waals surface area contributed by atoms with E-state index >= 15 is 0 Å². The Kier molecular flexibility index (Phi) is 26.0. The lowest BCUT2D eigenvalue weighted by atomic mass is 10.2. The zero-order valence-corrected chi connectivity index (χ0v) is 58.4. The standard InChI is InChI=1S/2C14H16N2OS.C14H14N2OS.C9H12N2S.C9H10N2.C5H5BrO2.C5H6O2/c3*1-16(2)10-5-3-9(4-6-10)14-15-11-7-8-12(17)13(11)18-14;1-11(2)8-5-3-7(4-6-8)9(10)12;1-11(2)9-5-3-8(7-10)4-6-9;6-5-3(7)1-2-4(5)8;6-4-1-2-5(7)3-4/h2*3-6,12,17H,7-8H2,1-2H3;3-6H,7-8H2,1-2H3;3-6H,1-2H3,(H2,10,12);3-6H,1-2H3;7H,1-2H2;1-3H2/t12-;;;;;;/m1....../s1. The fourth-order valence-electron chi connectivity index (χ4n) is 9.62. The van der Waals surface area contributed by atoms with Crippen molar-refractivity contribution in [2.45, 2.75) is 82.8 Å². The summed E-state index contributed by atoms with van der Waals surface area (Å²) >= 11 is 12.6. The normalized spacial score (nSPS) is 15.3. The number of aliphatic hydroxyl groups excluding tert-OH is 3. The van der Waals surface area contributed by atoms with Crippen LogP contribution in [0.4, 0.5) is 28.4 Å². The molecule has 5 aliphatic carbocycles. The van der Waals surface area contributed by atoms with Crippen LogP contribution in [-0.4, -0.2) is 129 Å². The quantitative estimate of drug-likeness (QED) is 0.0777. The van der Waals surface area contributed by atoms with Crippen molar-refractivity contribution in [1.82, 2.24) is 15.0 Å². The number of rotatable bonds is 9. The fourth-order valence-corrected chi connectivity index (χ4v) is 13.5. The lowest BCUT2D eigenvalue weighted by molar-refractivity contribution is -0.121. The van der Waals surface area contributed by atoms with Gasteiger partial charge in [-0.3, -0.25) is 19.2 Å². The number of thiazole rings is 3. The first kappa shape index (κ1) is 71.4. The van der Waals surface area contributed by atoms with Crippen LogP contribution in [0.5, 0.6) is 0 Å². The van der Waals surface area contributed by atoms with Gasteiger partial charge in [-0.05, 0) is 169 Å². The Labute approximate surface area is 565 Å². The van der Waals surface area contributed by atoms with Crippen LogP contribution < -0.4 is 30.2 Å². The van der Waals surface area contributed by atoms with Crippen LogP contribution in [0.15, 0.2) is 132 Å². The Hall–Kier alpha value is -8.01. The maximum Gasteiger partial charge on any atom is 0.175 e. The van der Waals surface area contributed by atoms with E-state index in [0.29, 0.717) is 47.1 Å². The summed E-state index contributed by atoms with van der Waals surface area (Å²) in [4.78, 5) is 70.1. The molecule has 17 nitrogen and oxygen atoms in total. The molecule has 3 heterocycles. The number of nitrogens with two attached hydrogens (primary N) is 1. The van der Waals surface area contributed by atoms with E-state index < -0.39 is 0 Å². The van der Waals surface area contributed by atoms with Crippen molar-refractivity contribution in [3.05, 3.63) is 174 Å². The molecular formula is C70H79BrN10O7S4. The second-order valence-electron chi connectivity index (χ2n) is 23.1. The molecule has 0 aliphatic heterocycles. The van der Waals surface area contributed by atoms with Crippen LogP contribution in [0.2, 0.25) is 0 Å². The van der Waals surface area contributed by atoms with E-state index in [1.54, 1.807) is 22.7 Å². The van der Waals surface area contributed by atoms with Crippen LogP contribution in [0.25, 0.3) is 31.7 Å². The van der Waals surface area contributed by atoms with Gasteiger partial charge in [0.25, 0.3) is 0 Å². The minimum absolute atomic E-state index is 0.00231. The van der Waals surface area contributed by atoms with Crippen molar-refractivity contribution >= 4 is 119 Å². The Bertz CT molecular complexity index is 3790. The predicted molar refractivity (Wildman–Crippen MR) is 384 cm³/mol. The Balaban J connectivity index is 0.000000156. The van der Waals surface area contributed by atoms with E-state index in [1.165, 1.54) is 28.4 Å². The summed E-state index contributed by atoms with van der Waals surface area (Å²) in [6.07, 6.45) is 6.42. The first-order chi connectivity index (χ1) is 43.8. The minimum atomic E-state index is -0.299. The van der Waals surface area contributed by atoms with Gasteiger partial charge in [0.15, 0.2) is 11.6 Å². The van der Waals surface area contributed by atoms with E-state index in [9.17, 15) is 29.4 Å². The maximum absolute atomic E-state index is 11.6. The molecule has 1 unspecified atom stereocenters. The molecular weight excluding hydrogens is 1300 g/mol. The molecule has 8 aromatic rings. The molecule has 5 N–H and O–H groups in total. The first-order valence-corrected chi connectivity index (χ1v) is 33.6. The van der Waals surface area contributed by atoms with Crippen molar-refractivity contribution < 1.29 is 34.5 Å². The highest BCUT2D eigenvalue weighted by Gasteiger charge is 2.28. The number of fused-ring (bicyclic) bond motifs is 3. The number of hydrogen-bond acceptors (Lipinski definition) is 20. The number of hydrogen-bond donors (Lipinski definition) is 4. The summed E-state index contributed by atoms with van der Waals surface area (Å²) in [6.45, 7) is 0. The maximum atomic E-state index is 11.6. The molecule has 3 aromatic heterocycles. The molecule has 5 aliphatic rings. The van der Waals surface area contributed by atoms with Gasteiger partial charge in [-0.1, -0.05) is 12.2 Å². The van der Waals surface area contributed by atoms with E-state index in [4.69, 9.17) is 28.3 Å². The molecule has 92 heavy (non-hydrogen) atoms. The van der Waals surface area contributed by atoms with Crippen molar-refractivity contribution in [2.24, 2.45) is 5.73 Å². The van der Waals surface area contributed by atoms with E-state index in [2.05, 4.69) is 124 Å². The van der Waals surface area contributed by atoms with Crippen molar-refractivity contribution in [3.8, 4) is 37.8 Å². The molecule has 1 fully saturated rings. The molecule has 0 amide bonds. The zero-order chi connectivity index (χ0) is 66.9. The number of aliphatic hydroxyl groups is 3. The zero-order valence-electron chi connectivity index (χ0n) is 53.6. The Morgan fingerprint density at radius 2 is 0.848 bits per heavy atom. The van der Waals surface area contributed by atoms with E-state index in [-0.39, 0.29) is 47.5 Å². The molecule has 22 heteroatoms.